The Hall–Kier alpha value is -3.35. The Morgan fingerprint density at radius 2 is 1.87 bits per heavy atom. The molecule has 1 aliphatic rings. The number of para-hydroxylation sites is 2. The van der Waals surface area contributed by atoms with E-state index in [1.807, 2.05) is 60.7 Å². The highest BCUT2D eigenvalue weighted by atomic mass is 35.5. The van der Waals surface area contributed by atoms with Crippen LogP contribution in [-0.2, 0) is 4.79 Å². The average Bonchev–Trinajstić information content (AvgIpc) is 3.10. The van der Waals surface area contributed by atoms with Gasteiger partial charge >= 0.3 is 0 Å². The van der Waals surface area contributed by atoms with Crippen LogP contribution in [0.3, 0.4) is 0 Å². The van der Waals surface area contributed by atoms with Crippen LogP contribution in [-0.4, -0.2) is 22.7 Å². The molecule has 1 aromatic heterocycles. The van der Waals surface area contributed by atoms with Gasteiger partial charge in [0.05, 0.1) is 10.6 Å². The zero-order chi connectivity index (χ0) is 21.6. The monoisotopic (exact) mass is 447 g/mol. The smallest absolute Gasteiger partial charge is 0.271 e. The molecular formula is C24H18ClN3O2S. The van der Waals surface area contributed by atoms with Crippen molar-refractivity contribution in [2.24, 2.45) is 4.99 Å². The highest BCUT2D eigenvalue weighted by Crippen LogP contribution is 2.38. The van der Waals surface area contributed by atoms with Gasteiger partial charge in [0.1, 0.15) is 18.0 Å². The number of nitrogens with zero attached hydrogens (tertiary/aromatic N) is 3. The van der Waals surface area contributed by atoms with Crippen molar-refractivity contribution >= 4 is 51.9 Å². The van der Waals surface area contributed by atoms with Crippen LogP contribution < -0.4 is 9.64 Å². The third kappa shape index (κ3) is 4.71. The van der Waals surface area contributed by atoms with E-state index in [1.165, 1.54) is 11.8 Å². The normalized spacial score (nSPS) is 16.2. The molecule has 1 aliphatic heterocycles. The fraction of sp³-hybridized carbons (Fsp3) is 0.0417. The van der Waals surface area contributed by atoms with Gasteiger partial charge in [-0.15, -0.1) is 0 Å². The first kappa shape index (κ1) is 20.9. The molecule has 0 unspecified atom stereocenters. The number of ether oxygens (including phenoxy) is 1. The molecule has 0 bridgehead atoms. The van der Waals surface area contributed by atoms with E-state index in [-0.39, 0.29) is 11.1 Å². The van der Waals surface area contributed by atoms with Crippen LogP contribution in [0, 0.1) is 0 Å². The number of hydrogen-bond acceptors (Lipinski definition) is 5. The zero-order valence-corrected chi connectivity index (χ0v) is 18.0. The van der Waals surface area contributed by atoms with Crippen LogP contribution in [0.15, 0.2) is 95.5 Å². The molecule has 0 saturated carbocycles. The average molecular weight is 448 g/mol. The molecule has 2 heterocycles. The molecule has 0 N–H and O–H groups in total. The van der Waals surface area contributed by atoms with Gasteiger partial charge in [0.15, 0.2) is 10.3 Å². The standard InChI is InChI=1S/C24H18ClN3O2S/c1-2-15-30-20-13-7-6-9-17(20)16-21-23(29)28(18-10-4-3-5-11-18)24(31-21)27-19-12-8-14-26-22(19)25/h2-14,16H,1,15H2/b21-16-,27-24?. The van der Waals surface area contributed by atoms with Gasteiger partial charge in [-0.1, -0.05) is 60.7 Å². The number of halogens is 1. The number of aromatic nitrogens is 1. The van der Waals surface area contributed by atoms with Gasteiger partial charge in [-0.2, -0.15) is 0 Å². The number of pyridine rings is 1. The molecule has 1 amide bonds. The van der Waals surface area contributed by atoms with Gasteiger partial charge in [-0.05, 0) is 48.2 Å². The van der Waals surface area contributed by atoms with Crippen molar-refractivity contribution in [2.45, 2.75) is 0 Å². The predicted octanol–water partition coefficient (Wildman–Crippen LogP) is 6.11. The summed E-state index contributed by atoms with van der Waals surface area (Å²) in [6, 6.07) is 20.4. The second-order valence-electron chi connectivity index (χ2n) is 6.43. The van der Waals surface area contributed by atoms with E-state index in [1.54, 1.807) is 29.3 Å². The van der Waals surface area contributed by atoms with Crippen molar-refractivity contribution in [3.63, 3.8) is 0 Å². The van der Waals surface area contributed by atoms with Crippen LogP contribution in [0.2, 0.25) is 5.15 Å². The Morgan fingerprint density at radius 1 is 1.10 bits per heavy atom. The number of amides is 1. The van der Waals surface area contributed by atoms with Crippen molar-refractivity contribution in [1.82, 2.24) is 4.98 Å². The predicted molar refractivity (Wildman–Crippen MR) is 128 cm³/mol. The Balaban J connectivity index is 1.77. The number of anilines is 1. The third-order valence-corrected chi connectivity index (χ3v) is 5.60. The highest BCUT2D eigenvalue weighted by Gasteiger charge is 2.35. The number of carbonyl (C=O) groups excluding carboxylic acids is 1. The SMILES string of the molecule is C=CCOc1ccccc1/C=C1\SC(=Nc2cccnc2Cl)N(c2ccccc2)C1=O. The minimum absolute atomic E-state index is 0.173. The van der Waals surface area contributed by atoms with E-state index in [9.17, 15) is 4.79 Å². The lowest BCUT2D eigenvalue weighted by Gasteiger charge is -2.15. The molecule has 154 valence electrons. The number of rotatable bonds is 6. The largest absolute Gasteiger partial charge is 0.489 e. The quantitative estimate of drug-likeness (QED) is 0.260. The van der Waals surface area contributed by atoms with E-state index in [2.05, 4.69) is 16.6 Å². The van der Waals surface area contributed by atoms with Crippen molar-refractivity contribution in [2.75, 3.05) is 11.5 Å². The van der Waals surface area contributed by atoms with Crippen LogP contribution >= 0.6 is 23.4 Å². The van der Waals surface area contributed by atoms with E-state index in [0.29, 0.717) is 28.1 Å². The lowest BCUT2D eigenvalue weighted by molar-refractivity contribution is -0.113. The minimum Gasteiger partial charge on any atom is -0.489 e. The highest BCUT2D eigenvalue weighted by molar-refractivity contribution is 8.19. The number of amidine groups is 1. The summed E-state index contributed by atoms with van der Waals surface area (Å²) in [5.41, 5.74) is 2.02. The number of aliphatic imine (C=N–C) groups is 1. The summed E-state index contributed by atoms with van der Waals surface area (Å²) >= 11 is 7.48. The molecular weight excluding hydrogens is 430 g/mol. The second-order valence-corrected chi connectivity index (χ2v) is 7.80. The first-order chi connectivity index (χ1) is 15.2. The Morgan fingerprint density at radius 3 is 2.65 bits per heavy atom. The molecule has 0 aliphatic carbocycles. The summed E-state index contributed by atoms with van der Waals surface area (Å²) in [5.74, 6) is 0.503. The van der Waals surface area contributed by atoms with Gasteiger partial charge in [-0.25, -0.2) is 9.98 Å². The van der Waals surface area contributed by atoms with Crippen LogP contribution in [0.1, 0.15) is 5.56 Å². The number of hydrogen-bond donors (Lipinski definition) is 0. The van der Waals surface area contributed by atoms with Gasteiger partial charge in [0, 0.05) is 11.8 Å². The Bertz CT molecular complexity index is 1180. The van der Waals surface area contributed by atoms with Crippen molar-refractivity contribution in [3.05, 3.63) is 101 Å². The molecule has 1 fully saturated rings. The number of carbonyl (C=O) groups is 1. The summed E-state index contributed by atoms with van der Waals surface area (Å²) in [4.78, 5) is 24.2. The van der Waals surface area contributed by atoms with E-state index in [0.717, 1.165) is 11.3 Å². The molecule has 0 radical (unpaired) electrons. The molecule has 1 saturated heterocycles. The van der Waals surface area contributed by atoms with Crippen LogP contribution in [0.5, 0.6) is 5.75 Å². The molecule has 0 spiro atoms. The zero-order valence-electron chi connectivity index (χ0n) is 16.4. The Kier molecular flexibility index (Phi) is 6.50. The van der Waals surface area contributed by atoms with Crippen molar-refractivity contribution in [3.8, 4) is 5.75 Å². The second kappa shape index (κ2) is 9.64. The van der Waals surface area contributed by atoms with E-state index >= 15 is 0 Å². The van der Waals surface area contributed by atoms with Crippen molar-refractivity contribution < 1.29 is 9.53 Å². The molecule has 3 aromatic rings. The molecule has 4 rings (SSSR count). The summed E-state index contributed by atoms with van der Waals surface area (Å²) < 4.78 is 5.73. The number of thioether (sulfide) groups is 1. The molecule has 0 atom stereocenters. The topological polar surface area (TPSA) is 54.8 Å². The van der Waals surface area contributed by atoms with Crippen molar-refractivity contribution in [1.29, 1.82) is 0 Å². The van der Waals surface area contributed by atoms with Crippen LogP contribution in [0.25, 0.3) is 6.08 Å². The Labute approximate surface area is 189 Å². The maximum Gasteiger partial charge on any atom is 0.271 e. The number of benzene rings is 2. The van der Waals surface area contributed by atoms with Gasteiger partial charge in [-0.3, -0.25) is 9.69 Å². The lowest BCUT2D eigenvalue weighted by atomic mass is 10.2. The maximum absolute atomic E-state index is 13.4. The maximum atomic E-state index is 13.4. The van der Waals surface area contributed by atoms with Gasteiger partial charge in [0.2, 0.25) is 0 Å². The summed E-state index contributed by atoms with van der Waals surface area (Å²) in [7, 11) is 0. The minimum atomic E-state index is -0.173. The molecule has 31 heavy (non-hydrogen) atoms. The molecule has 5 nitrogen and oxygen atoms in total. The molecule has 2 aromatic carbocycles. The summed E-state index contributed by atoms with van der Waals surface area (Å²) in [6.07, 6.45) is 5.09. The molecule has 7 heteroatoms. The van der Waals surface area contributed by atoms with Gasteiger partial charge in [0.25, 0.3) is 5.91 Å². The first-order valence-corrected chi connectivity index (χ1v) is 10.7. The van der Waals surface area contributed by atoms with E-state index < -0.39 is 0 Å². The van der Waals surface area contributed by atoms with Gasteiger partial charge < -0.3 is 4.74 Å². The first-order valence-electron chi connectivity index (χ1n) is 9.48. The van der Waals surface area contributed by atoms with E-state index in [4.69, 9.17) is 16.3 Å². The third-order valence-electron chi connectivity index (χ3n) is 4.34. The summed E-state index contributed by atoms with van der Waals surface area (Å²) in [6.45, 7) is 4.06. The fourth-order valence-corrected chi connectivity index (χ4v) is 4.09. The lowest BCUT2D eigenvalue weighted by Crippen LogP contribution is -2.28. The van der Waals surface area contributed by atoms with Crippen LogP contribution in [0.4, 0.5) is 11.4 Å². The fourth-order valence-electron chi connectivity index (χ4n) is 2.94. The summed E-state index contributed by atoms with van der Waals surface area (Å²) in [5, 5.41) is 0.776.